The van der Waals surface area contributed by atoms with Crippen molar-refractivity contribution in [2.75, 3.05) is 26.7 Å². The third kappa shape index (κ3) is 5.58. The molecule has 19 heavy (non-hydrogen) atoms. The Labute approximate surface area is 119 Å². The van der Waals surface area contributed by atoms with Gasteiger partial charge in [0.2, 0.25) is 10.0 Å². The molecule has 2 N–H and O–H groups in total. The van der Waals surface area contributed by atoms with Crippen LogP contribution < -0.4 is 10.0 Å². The standard InChI is InChI=1S/C12H22N2O3S2/c1-4-13-8-7-11-5-6-12(18-11)19(15,16)14-9-10(2)17-3/h5-6,10,13-14H,4,7-9H2,1-3H3. The lowest BCUT2D eigenvalue weighted by molar-refractivity contribution is 0.122. The summed E-state index contributed by atoms with van der Waals surface area (Å²) in [4.78, 5) is 1.07. The van der Waals surface area contributed by atoms with Crippen molar-refractivity contribution >= 4 is 21.4 Å². The average molecular weight is 306 g/mol. The van der Waals surface area contributed by atoms with E-state index >= 15 is 0 Å². The largest absolute Gasteiger partial charge is 0.380 e. The lowest BCUT2D eigenvalue weighted by atomic mass is 10.3. The zero-order valence-electron chi connectivity index (χ0n) is 11.6. The van der Waals surface area contributed by atoms with Gasteiger partial charge in [-0.3, -0.25) is 0 Å². The maximum atomic E-state index is 12.0. The molecule has 0 aliphatic heterocycles. The van der Waals surface area contributed by atoms with Crippen molar-refractivity contribution in [3.63, 3.8) is 0 Å². The molecule has 1 atom stereocenters. The molecule has 0 aliphatic carbocycles. The van der Waals surface area contributed by atoms with E-state index < -0.39 is 10.0 Å². The van der Waals surface area contributed by atoms with Crippen molar-refractivity contribution in [1.29, 1.82) is 0 Å². The van der Waals surface area contributed by atoms with Gasteiger partial charge >= 0.3 is 0 Å². The fourth-order valence-corrected chi connectivity index (χ4v) is 3.92. The first-order valence-electron chi connectivity index (χ1n) is 6.31. The summed E-state index contributed by atoms with van der Waals surface area (Å²) < 4.78 is 32.0. The van der Waals surface area contributed by atoms with E-state index in [4.69, 9.17) is 4.74 Å². The molecule has 0 saturated heterocycles. The molecule has 5 nitrogen and oxygen atoms in total. The van der Waals surface area contributed by atoms with Gasteiger partial charge in [-0.2, -0.15) is 0 Å². The molecule has 0 spiro atoms. The topological polar surface area (TPSA) is 67.4 Å². The van der Waals surface area contributed by atoms with Gasteiger partial charge in [0.25, 0.3) is 0 Å². The minimum Gasteiger partial charge on any atom is -0.380 e. The Hall–Kier alpha value is -0.470. The van der Waals surface area contributed by atoms with E-state index in [0.29, 0.717) is 4.21 Å². The predicted octanol–water partition coefficient (Wildman–Crippen LogP) is 1.21. The Morgan fingerprint density at radius 3 is 2.79 bits per heavy atom. The third-order valence-electron chi connectivity index (χ3n) is 2.66. The molecule has 7 heteroatoms. The second-order valence-electron chi connectivity index (χ2n) is 4.22. The molecular formula is C12H22N2O3S2. The molecule has 1 rings (SSSR count). The number of rotatable bonds is 9. The fraction of sp³-hybridized carbons (Fsp3) is 0.667. The number of likely N-dealkylation sites (N-methyl/N-ethyl adjacent to an activating group) is 1. The summed E-state index contributed by atoms with van der Waals surface area (Å²) in [7, 11) is -1.85. The molecule has 110 valence electrons. The summed E-state index contributed by atoms with van der Waals surface area (Å²) in [6.07, 6.45) is 0.714. The number of nitrogens with one attached hydrogen (secondary N) is 2. The smallest absolute Gasteiger partial charge is 0.250 e. The van der Waals surface area contributed by atoms with Crippen LogP contribution in [0.2, 0.25) is 0 Å². The molecule has 0 bridgehead atoms. The van der Waals surface area contributed by atoms with Crippen molar-refractivity contribution in [3.05, 3.63) is 17.0 Å². The number of hydrogen-bond acceptors (Lipinski definition) is 5. The Morgan fingerprint density at radius 2 is 2.16 bits per heavy atom. The van der Waals surface area contributed by atoms with Gasteiger partial charge in [0.05, 0.1) is 6.10 Å². The van der Waals surface area contributed by atoms with E-state index in [2.05, 4.69) is 10.0 Å². The average Bonchev–Trinajstić information content (AvgIpc) is 2.86. The molecule has 0 amide bonds. The number of methoxy groups -OCH3 is 1. The molecule has 1 heterocycles. The third-order valence-corrected chi connectivity index (χ3v) is 5.72. The summed E-state index contributed by atoms with van der Waals surface area (Å²) in [5, 5.41) is 3.22. The van der Waals surface area contributed by atoms with Gasteiger partial charge < -0.3 is 10.1 Å². The highest BCUT2D eigenvalue weighted by atomic mass is 32.2. The Kier molecular flexibility index (Phi) is 6.95. The number of sulfonamides is 1. The van der Waals surface area contributed by atoms with Gasteiger partial charge in [-0.05, 0) is 38.6 Å². The van der Waals surface area contributed by atoms with Gasteiger partial charge in [0, 0.05) is 18.5 Å². The SMILES string of the molecule is CCNCCc1ccc(S(=O)(=O)NCC(C)OC)s1. The van der Waals surface area contributed by atoms with Crippen LogP contribution in [-0.2, 0) is 21.2 Å². The molecule has 1 aromatic heterocycles. The highest BCUT2D eigenvalue weighted by Gasteiger charge is 2.17. The number of ether oxygens (including phenoxy) is 1. The van der Waals surface area contributed by atoms with E-state index in [0.717, 1.165) is 24.4 Å². The lowest BCUT2D eigenvalue weighted by Gasteiger charge is -2.10. The highest BCUT2D eigenvalue weighted by Crippen LogP contribution is 2.21. The molecular weight excluding hydrogens is 284 g/mol. The van der Waals surface area contributed by atoms with Gasteiger partial charge in [0.15, 0.2) is 0 Å². The second kappa shape index (κ2) is 7.96. The quantitative estimate of drug-likeness (QED) is 0.673. The van der Waals surface area contributed by atoms with Gasteiger partial charge in [-0.15, -0.1) is 11.3 Å². The molecule has 0 aliphatic rings. The highest BCUT2D eigenvalue weighted by molar-refractivity contribution is 7.91. The number of hydrogen-bond donors (Lipinski definition) is 2. The maximum absolute atomic E-state index is 12.0. The summed E-state index contributed by atoms with van der Waals surface area (Å²) in [5.41, 5.74) is 0. The molecule has 0 aromatic carbocycles. The van der Waals surface area contributed by atoms with Crippen LogP contribution in [0.15, 0.2) is 16.3 Å². The molecule has 0 radical (unpaired) electrons. The van der Waals surface area contributed by atoms with Crippen LogP contribution in [0, 0.1) is 0 Å². The van der Waals surface area contributed by atoms with Crippen LogP contribution in [0.3, 0.4) is 0 Å². The van der Waals surface area contributed by atoms with Crippen LogP contribution >= 0.6 is 11.3 Å². The summed E-state index contributed by atoms with van der Waals surface area (Å²) in [5.74, 6) is 0. The van der Waals surface area contributed by atoms with Crippen molar-refractivity contribution in [1.82, 2.24) is 10.0 Å². The van der Waals surface area contributed by atoms with Crippen molar-refractivity contribution in [2.45, 2.75) is 30.6 Å². The second-order valence-corrected chi connectivity index (χ2v) is 7.38. The van der Waals surface area contributed by atoms with E-state index in [9.17, 15) is 8.42 Å². The van der Waals surface area contributed by atoms with Crippen LogP contribution in [0.1, 0.15) is 18.7 Å². The van der Waals surface area contributed by atoms with Crippen molar-refractivity contribution in [3.8, 4) is 0 Å². The Morgan fingerprint density at radius 1 is 1.42 bits per heavy atom. The monoisotopic (exact) mass is 306 g/mol. The van der Waals surface area contributed by atoms with E-state index in [1.54, 1.807) is 13.2 Å². The maximum Gasteiger partial charge on any atom is 0.250 e. The van der Waals surface area contributed by atoms with Crippen molar-refractivity contribution in [2.24, 2.45) is 0 Å². The minimum atomic E-state index is -3.41. The molecule has 1 aromatic rings. The van der Waals surface area contributed by atoms with Gasteiger partial charge in [-0.25, -0.2) is 13.1 Å². The normalized spacial score (nSPS) is 13.6. The van der Waals surface area contributed by atoms with Crippen LogP contribution in [-0.4, -0.2) is 41.3 Å². The first-order valence-corrected chi connectivity index (χ1v) is 8.61. The summed E-state index contributed by atoms with van der Waals surface area (Å²) in [6.45, 7) is 5.94. The Balaban J connectivity index is 2.58. The molecule has 0 saturated carbocycles. The van der Waals surface area contributed by atoms with E-state index in [-0.39, 0.29) is 12.6 Å². The predicted molar refractivity (Wildman–Crippen MR) is 78.2 cm³/mol. The fourth-order valence-electron chi connectivity index (χ4n) is 1.41. The molecule has 1 unspecified atom stereocenters. The van der Waals surface area contributed by atoms with E-state index in [1.165, 1.54) is 11.3 Å². The summed E-state index contributed by atoms with van der Waals surface area (Å²) in [6, 6.07) is 3.53. The Bertz CT molecular complexity index is 471. The first kappa shape index (κ1) is 16.6. The minimum absolute atomic E-state index is 0.136. The zero-order chi connectivity index (χ0) is 14.3. The van der Waals surface area contributed by atoms with Crippen LogP contribution in [0.4, 0.5) is 0 Å². The number of thiophene rings is 1. The molecule has 0 fully saturated rings. The van der Waals surface area contributed by atoms with Crippen molar-refractivity contribution < 1.29 is 13.2 Å². The summed E-state index contributed by atoms with van der Waals surface area (Å²) >= 11 is 1.32. The zero-order valence-corrected chi connectivity index (χ0v) is 13.2. The van der Waals surface area contributed by atoms with Crippen LogP contribution in [0.5, 0.6) is 0 Å². The van der Waals surface area contributed by atoms with Gasteiger partial charge in [0.1, 0.15) is 4.21 Å². The van der Waals surface area contributed by atoms with E-state index in [1.807, 2.05) is 19.9 Å². The van der Waals surface area contributed by atoms with Gasteiger partial charge in [-0.1, -0.05) is 6.92 Å². The lowest BCUT2D eigenvalue weighted by Crippen LogP contribution is -2.31. The van der Waals surface area contributed by atoms with Crippen LogP contribution in [0.25, 0.3) is 0 Å². The first-order chi connectivity index (χ1) is 8.99.